The molecule has 1 atom stereocenters. The van der Waals surface area contributed by atoms with Crippen molar-refractivity contribution in [3.05, 3.63) is 35.7 Å². The predicted molar refractivity (Wildman–Crippen MR) is 97.8 cm³/mol. The molecule has 1 N–H and O–H groups in total. The summed E-state index contributed by atoms with van der Waals surface area (Å²) in [7, 11) is 0. The summed E-state index contributed by atoms with van der Waals surface area (Å²) >= 11 is 0. The Hall–Kier alpha value is -2.28. The van der Waals surface area contributed by atoms with E-state index in [1.54, 1.807) is 17.1 Å². The third-order valence-electron chi connectivity index (χ3n) is 4.58. The van der Waals surface area contributed by atoms with Crippen molar-refractivity contribution in [2.24, 2.45) is 5.92 Å². The molecular formula is C18H28N6O. The lowest BCUT2D eigenvalue weighted by Gasteiger charge is -2.32. The minimum Gasteiger partial charge on any atom is -0.350 e. The van der Waals surface area contributed by atoms with Crippen LogP contribution in [-0.4, -0.2) is 56.7 Å². The average molecular weight is 344 g/mol. The molecule has 2 rings (SSSR count). The molecule has 0 aliphatic heterocycles. The van der Waals surface area contributed by atoms with Gasteiger partial charge in [-0.15, -0.1) is 5.10 Å². The van der Waals surface area contributed by atoms with E-state index in [4.69, 9.17) is 0 Å². The third kappa shape index (κ3) is 4.63. The summed E-state index contributed by atoms with van der Waals surface area (Å²) in [4.78, 5) is 14.9. The van der Waals surface area contributed by atoms with Gasteiger partial charge in [-0.3, -0.25) is 9.69 Å². The van der Waals surface area contributed by atoms with Crippen LogP contribution in [0.15, 0.2) is 24.5 Å². The Morgan fingerprint density at radius 3 is 2.52 bits per heavy atom. The Morgan fingerprint density at radius 1 is 1.28 bits per heavy atom. The zero-order valence-corrected chi connectivity index (χ0v) is 15.7. The first-order valence-electron chi connectivity index (χ1n) is 8.84. The highest BCUT2D eigenvalue weighted by molar-refractivity contribution is 5.94. The van der Waals surface area contributed by atoms with E-state index in [0.29, 0.717) is 24.1 Å². The minimum atomic E-state index is -0.0517. The summed E-state index contributed by atoms with van der Waals surface area (Å²) in [6.07, 6.45) is 1.54. The summed E-state index contributed by atoms with van der Waals surface area (Å²) in [5.41, 5.74) is 2.46. The molecule has 0 radical (unpaired) electrons. The molecule has 1 amide bonds. The maximum absolute atomic E-state index is 12.5. The van der Waals surface area contributed by atoms with E-state index in [1.165, 1.54) is 0 Å². The van der Waals surface area contributed by atoms with Crippen molar-refractivity contribution in [2.75, 3.05) is 19.6 Å². The summed E-state index contributed by atoms with van der Waals surface area (Å²) in [6.45, 7) is 13.3. The quantitative estimate of drug-likeness (QED) is 0.793. The number of rotatable bonds is 8. The molecule has 25 heavy (non-hydrogen) atoms. The SMILES string of the molecule is CCN(CC)C(CNC(=O)c1ccc(-n2cnnn2)c(C)c1)C(C)C. The Morgan fingerprint density at radius 2 is 2.00 bits per heavy atom. The smallest absolute Gasteiger partial charge is 0.251 e. The second kappa shape index (κ2) is 8.71. The van der Waals surface area contributed by atoms with Crippen molar-refractivity contribution >= 4 is 5.91 Å². The minimum absolute atomic E-state index is 0.0517. The second-order valence-corrected chi connectivity index (χ2v) is 6.50. The van der Waals surface area contributed by atoms with Gasteiger partial charge in [0.1, 0.15) is 6.33 Å². The number of benzene rings is 1. The molecule has 1 aromatic heterocycles. The highest BCUT2D eigenvalue weighted by Gasteiger charge is 2.20. The van der Waals surface area contributed by atoms with Crippen LogP contribution in [0, 0.1) is 12.8 Å². The number of tetrazole rings is 1. The molecule has 1 heterocycles. The van der Waals surface area contributed by atoms with Crippen LogP contribution < -0.4 is 5.32 Å². The van der Waals surface area contributed by atoms with E-state index >= 15 is 0 Å². The molecule has 0 aliphatic rings. The van der Waals surface area contributed by atoms with Gasteiger partial charge in [-0.1, -0.05) is 27.7 Å². The van der Waals surface area contributed by atoms with Crippen LogP contribution in [0.2, 0.25) is 0 Å². The van der Waals surface area contributed by atoms with E-state index in [9.17, 15) is 4.79 Å². The lowest BCUT2D eigenvalue weighted by molar-refractivity contribution is 0.0921. The number of nitrogens with one attached hydrogen (secondary N) is 1. The van der Waals surface area contributed by atoms with E-state index < -0.39 is 0 Å². The van der Waals surface area contributed by atoms with E-state index in [1.807, 2.05) is 19.1 Å². The number of carbonyl (C=O) groups is 1. The van der Waals surface area contributed by atoms with E-state index in [0.717, 1.165) is 24.3 Å². The predicted octanol–water partition coefficient (Wildman–Crippen LogP) is 2.07. The summed E-state index contributed by atoms with van der Waals surface area (Å²) < 4.78 is 1.59. The number of amides is 1. The van der Waals surface area contributed by atoms with Crippen LogP contribution in [0.1, 0.15) is 43.6 Å². The van der Waals surface area contributed by atoms with Crippen LogP contribution in [0.4, 0.5) is 0 Å². The fourth-order valence-corrected chi connectivity index (χ4v) is 3.10. The van der Waals surface area contributed by atoms with Crippen molar-refractivity contribution in [2.45, 2.75) is 40.7 Å². The first-order valence-corrected chi connectivity index (χ1v) is 8.84. The van der Waals surface area contributed by atoms with Crippen molar-refractivity contribution in [1.29, 1.82) is 0 Å². The molecule has 0 saturated carbocycles. The molecule has 7 heteroatoms. The molecule has 7 nitrogen and oxygen atoms in total. The molecule has 0 fully saturated rings. The van der Waals surface area contributed by atoms with Crippen molar-refractivity contribution < 1.29 is 4.79 Å². The number of nitrogens with zero attached hydrogens (tertiary/aromatic N) is 5. The van der Waals surface area contributed by atoms with Gasteiger partial charge in [-0.2, -0.15) is 0 Å². The van der Waals surface area contributed by atoms with Gasteiger partial charge >= 0.3 is 0 Å². The van der Waals surface area contributed by atoms with Crippen LogP contribution in [0.5, 0.6) is 0 Å². The van der Waals surface area contributed by atoms with Crippen LogP contribution in [0.3, 0.4) is 0 Å². The summed E-state index contributed by atoms with van der Waals surface area (Å²) in [6, 6.07) is 5.88. The average Bonchev–Trinajstić information content (AvgIpc) is 3.12. The van der Waals surface area contributed by atoms with E-state index in [-0.39, 0.29) is 5.91 Å². The summed E-state index contributed by atoms with van der Waals surface area (Å²) in [5.74, 6) is 0.424. The van der Waals surface area contributed by atoms with Gasteiger partial charge in [0.2, 0.25) is 0 Å². The molecule has 136 valence electrons. The number of carbonyl (C=O) groups excluding carboxylic acids is 1. The molecule has 1 unspecified atom stereocenters. The molecule has 0 bridgehead atoms. The normalized spacial score (nSPS) is 12.6. The van der Waals surface area contributed by atoms with Gasteiger partial charge in [0, 0.05) is 18.2 Å². The highest BCUT2D eigenvalue weighted by Crippen LogP contribution is 2.15. The Bertz CT molecular complexity index is 679. The number of aromatic nitrogens is 4. The Kier molecular flexibility index (Phi) is 6.64. The van der Waals surface area contributed by atoms with Crippen molar-refractivity contribution in [1.82, 2.24) is 30.4 Å². The van der Waals surface area contributed by atoms with Gasteiger partial charge in [-0.05, 0) is 60.1 Å². The zero-order valence-electron chi connectivity index (χ0n) is 15.7. The summed E-state index contributed by atoms with van der Waals surface area (Å²) in [5, 5.41) is 14.3. The highest BCUT2D eigenvalue weighted by atomic mass is 16.1. The Balaban J connectivity index is 2.06. The van der Waals surface area contributed by atoms with Crippen molar-refractivity contribution in [3.8, 4) is 5.69 Å². The standard InChI is InChI=1S/C18H28N6O/c1-6-23(7-2)17(13(3)4)11-19-18(25)15-8-9-16(14(5)10-15)24-12-20-21-22-24/h8-10,12-13,17H,6-7,11H2,1-5H3,(H,19,25). The zero-order chi connectivity index (χ0) is 18.4. The second-order valence-electron chi connectivity index (χ2n) is 6.50. The van der Waals surface area contributed by atoms with Crippen molar-refractivity contribution in [3.63, 3.8) is 0 Å². The maximum atomic E-state index is 12.5. The topological polar surface area (TPSA) is 75.9 Å². The first kappa shape index (κ1) is 19.1. The lowest BCUT2D eigenvalue weighted by Crippen LogP contribution is -2.46. The molecule has 0 aliphatic carbocycles. The number of aryl methyl sites for hydroxylation is 1. The molecule has 0 spiro atoms. The molecule has 2 aromatic rings. The van der Waals surface area contributed by atoms with Gasteiger partial charge in [0.15, 0.2) is 0 Å². The first-order chi connectivity index (χ1) is 12.0. The molecular weight excluding hydrogens is 316 g/mol. The third-order valence-corrected chi connectivity index (χ3v) is 4.58. The van der Waals surface area contributed by atoms with Crippen LogP contribution in [-0.2, 0) is 0 Å². The lowest BCUT2D eigenvalue weighted by atomic mass is 10.0. The number of likely N-dealkylation sites (N-methyl/N-ethyl adjacent to an activating group) is 1. The number of hydrogen-bond donors (Lipinski definition) is 1. The fourth-order valence-electron chi connectivity index (χ4n) is 3.10. The largest absolute Gasteiger partial charge is 0.350 e. The monoisotopic (exact) mass is 344 g/mol. The molecule has 1 aromatic carbocycles. The van der Waals surface area contributed by atoms with Gasteiger partial charge in [-0.25, -0.2) is 4.68 Å². The van der Waals surface area contributed by atoms with E-state index in [2.05, 4.69) is 53.4 Å². The van der Waals surface area contributed by atoms with Gasteiger partial charge in [0.25, 0.3) is 5.91 Å². The van der Waals surface area contributed by atoms with Gasteiger partial charge in [0.05, 0.1) is 5.69 Å². The van der Waals surface area contributed by atoms with Gasteiger partial charge < -0.3 is 5.32 Å². The van der Waals surface area contributed by atoms with Crippen LogP contribution >= 0.6 is 0 Å². The number of hydrogen-bond acceptors (Lipinski definition) is 5. The van der Waals surface area contributed by atoms with Crippen LogP contribution in [0.25, 0.3) is 5.69 Å². The fraction of sp³-hybridized carbons (Fsp3) is 0.556. The maximum Gasteiger partial charge on any atom is 0.251 e. The Labute approximate surface area is 149 Å². The molecule has 0 saturated heterocycles.